The third-order valence-corrected chi connectivity index (χ3v) is 4.48. The Morgan fingerprint density at radius 3 is 2.70 bits per heavy atom. The third kappa shape index (κ3) is 5.06. The zero-order valence-corrected chi connectivity index (χ0v) is 15.5. The summed E-state index contributed by atoms with van der Waals surface area (Å²) < 4.78 is 15.6. The molecule has 0 aliphatic carbocycles. The minimum atomic E-state index is -0.534. The molecule has 0 N–H and O–H groups in total. The second kappa shape index (κ2) is 8.66. The lowest BCUT2D eigenvalue weighted by atomic mass is 10.0. The molecule has 1 unspecified atom stereocenters. The normalized spacial score (nSPS) is 16.8. The van der Waals surface area contributed by atoms with Crippen LogP contribution in [0.15, 0.2) is 28.8 Å². The summed E-state index contributed by atoms with van der Waals surface area (Å²) >= 11 is 0. The molecule has 27 heavy (non-hydrogen) atoms. The first kappa shape index (κ1) is 18.9. The number of esters is 1. The number of hydrogen-bond acceptors (Lipinski definition) is 7. The van der Waals surface area contributed by atoms with Crippen molar-refractivity contribution in [2.75, 3.05) is 13.2 Å². The number of piperidine rings is 1. The van der Waals surface area contributed by atoms with Gasteiger partial charge in [-0.3, -0.25) is 4.79 Å². The van der Waals surface area contributed by atoms with Gasteiger partial charge in [-0.1, -0.05) is 5.16 Å². The lowest BCUT2D eigenvalue weighted by molar-refractivity contribution is -0.137. The quantitative estimate of drug-likeness (QED) is 0.718. The maximum Gasteiger partial charge on any atom is 0.338 e. The molecule has 0 saturated carbocycles. The Kier molecular flexibility index (Phi) is 6.05. The number of nitrogens with zero attached hydrogens (tertiary/aromatic N) is 3. The molecule has 1 amide bonds. The van der Waals surface area contributed by atoms with Gasteiger partial charge in [0.1, 0.15) is 5.75 Å². The number of amides is 1. The number of likely N-dealkylation sites (tertiary alicyclic amines) is 1. The average Bonchev–Trinajstić information content (AvgIpc) is 3.10. The first-order chi connectivity index (χ1) is 13.0. The van der Waals surface area contributed by atoms with E-state index in [1.807, 2.05) is 6.92 Å². The molecule has 0 radical (unpaired) electrons. The standard InChI is InChI=1S/C19H23N3O5/c1-13-5-3-4-10-22(13)18(23)12-26-19(24)15-6-8-16(9-7-15)25-11-17-20-14(2)27-21-17/h6-9,13H,3-5,10-12H2,1-2H3. The van der Waals surface area contributed by atoms with Crippen molar-refractivity contribution in [2.45, 2.75) is 45.8 Å². The highest BCUT2D eigenvalue weighted by molar-refractivity contribution is 5.91. The predicted molar refractivity (Wildman–Crippen MR) is 95.1 cm³/mol. The van der Waals surface area contributed by atoms with Gasteiger partial charge in [-0.25, -0.2) is 4.79 Å². The lowest BCUT2D eigenvalue weighted by Gasteiger charge is -2.33. The Balaban J connectivity index is 1.47. The van der Waals surface area contributed by atoms with Crippen LogP contribution in [0.2, 0.25) is 0 Å². The largest absolute Gasteiger partial charge is 0.485 e. The van der Waals surface area contributed by atoms with Gasteiger partial charge in [-0.2, -0.15) is 4.98 Å². The van der Waals surface area contributed by atoms with Crippen molar-refractivity contribution >= 4 is 11.9 Å². The summed E-state index contributed by atoms with van der Waals surface area (Å²) in [6.45, 7) is 4.38. The van der Waals surface area contributed by atoms with E-state index in [-0.39, 0.29) is 25.2 Å². The summed E-state index contributed by atoms with van der Waals surface area (Å²) in [6.07, 6.45) is 3.12. The van der Waals surface area contributed by atoms with Gasteiger partial charge in [-0.15, -0.1) is 0 Å². The van der Waals surface area contributed by atoms with Crippen LogP contribution >= 0.6 is 0 Å². The molecule has 2 aromatic rings. The van der Waals surface area contributed by atoms with E-state index in [0.717, 1.165) is 25.8 Å². The first-order valence-corrected chi connectivity index (χ1v) is 9.01. The van der Waals surface area contributed by atoms with Crippen molar-refractivity contribution in [2.24, 2.45) is 0 Å². The van der Waals surface area contributed by atoms with Gasteiger partial charge in [0.25, 0.3) is 5.91 Å². The topological polar surface area (TPSA) is 94.8 Å². The Morgan fingerprint density at radius 2 is 2.04 bits per heavy atom. The maximum atomic E-state index is 12.2. The van der Waals surface area contributed by atoms with Crippen LogP contribution in [-0.2, 0) is 16.1 Å². The van der Waals surface area contributed by atoms with Gasteiger partial charge in [0, 0.05) is 19.5 Å². The first-order valence-electron chi connectivity index (χ1n) is 9.01. The minimum absolute atomic E-state index is 0.147. The van der Waals surface area contributed by atoms with Crippen molar-refractivity contribution in [3.8, 4) is 5.75 Å². The number of carbonyl (C=O) groups is 2. The van der Waals surface area contributed by atoms with Crippen molar-refractivity contribution < 1.29 is 23.6 Å². The molecule has 0 spiro atoms. The molecule has 8 heteroatoms. The van der Waals surface area contributed by atoms with Crippen LogP contribution in [-0.4, -0.2) is 46.1 Å². The summed E-state index contributed by atoms with van der Waals surface area (Å²) in [5, 5.41) is 3.74. The molecule has 1 aromatic carbocycles. The molecular weight excluding hydrogens is 350 g/mol. The molecule has 1 atom stereocenters. The van der Waals surface area contributed by atoms with Gasteiger partial charge in [0.2, 0.25) is 11.7 Å². The van der Waals surface area contributed by atoms with E-state index in [1.54, 1.807) is 36.1 Å². The fourth-order valence-corrected chi connectivity index (χ4v) is 3.00. The fourth-order valence-electron chi connectivity index (χ4n) is 3.00. The van der Waals surface area contributed by atoms with Gasteiger partial charge in [0.05, 0.1) is 5.56 Å². The highest BCUT2D eigenvalue weighted by Crippen LogP contribution is 2.17. The van der Waals surface area contributed by atoms with E-state index in [0.29, 0.717) is 23.0 Å². The van der Waals surface area contributed by atoms with Crippen molar-refractivity contribution in [1.82, 2.24) is 15.0 Å². The Morgan fingerprint density at radius 1 is 1.26 bits per heavy atom. The van der Waals surface area contributed by atoms with E-state index in [1.165, 1.54) is 0 Å². The van der Waals surface area contributed by atoms with E-state index < -0.39 is 5.97 Å². The molecule has 1 fully saturated rings. The second-order valence-electron chi connectivity index (χ2n) is 6.55. The Hall–Kier alpha value is -2.90. The van der Waals surface area contributed by atoms with Crippen molar-refractivity contribution in [1.29, 1.82) is 0 Å². The van der Waals surface area contributed by atoms with E-state index in [2.05, 4.69) is 10.1 Å². The number of aryl methyl sites for hydroxylation is 1. The highest BCUT2D eigenvalue weighted by atomic mass is 16.5. The highest BCUT2D eigenvalue weighted by Gasteiger charge is 2.24. The zero-order valence-electron chi connectivity index (χ0n) is 15.5. The van der Waals surface area contributed by atoms with Crippen molar-refractivity contribution in [3.05, 3.63) is 41.5 Å². The number of hydrogen-bond donors (Lipinski definition) is 0. The summed E-state index contributed by atoms with van der Waals surface area (Å²) in [5.41, 5.74) is 0.359. The number of benzene rings is 1. The van der Waals surface area contributed by atoms with Gasteiger partial charge in [-0.05, 0) is 50.5 Å². The van der Waals surface area contributed by atoms with Gasteiger partial charge < -0.3 is 18.9 Å². The van der Waals surface area contributed by atoms with Crippen molar-refractivity contribution in [3.63, 3.8) is 0 Å². The summed E-state index contributed by atoms with van der Waals surface area (Å²) in [4.78, 5) is 30.2. The second-order valence-corrected chi connectivity index (χ2v) is 6.55. The zero-order chi connectivity index (χ0) is 19.2. The lowest BCUT2D eigenvalue weighted by Crippen LogP contribution is -2.44. The van der Waals surface area contributed by atoms with Crippen LogP contribution in [0, 0.1) is 6.92 Å². The number of rotatable bonds is 6. The number of carbonyl (C=O) groups excluding carboxylic acids is 2. The van der Waals surface area contributed by atoms with E-state index in [9.17, 15) is 9.59 Å². The summed E-state index contributed by atoms with van der Waals surface area (Å²) in [5.74, 6) is 0.799. The summed E-state index contributed by atoms with van der Waals surface area (Å²) in [7, 11) is 0. The van der Waals surface area contributed by atoms with Crippen LogP contribution in [0.3, 0.4) is 0 Å². The number of aromatic nitrogens is 2. The molecular formula is C19H23N3O5. The smallest absolute Gasteiger partial charge is 0.338 e. The van der Waals surface area contributed by atoms with E-state index in [4.69, 9.17) is 14.0 Å². The third-order valence-electron chi connectivity index (χ3n) is 4.48. The molecule has 1 saturated heterocycles. The Labute approximate surface area is 157 Å². The monoisotopic (exact) mass is 373 g/mol. The molecule has 1 aliphatic rings. The van der Waals surface area contributed by atoms with Crippen LogP contribution in [0.25, 0.3) is 0 Å². The molecule has 2 heterocycles. The average molecular weight is 373 g/mol. The summed E-state index contributed by atoms with van der Waals surface area (Å²) in [6, 6.07) is 6.68. The maximum absolute atomic E-state index is 12.2. The van der Waals surface area contributed by atoms with Crippen LogP contribution in [0.5, 0.6) is 5.75 Å². The van der Waals surface area contributed by atoms with Crippen LogP contribution in [0.4, 0.5) is 0 Å². The fraction of sp³-hybridized carbons (Fsp3) is 0.474. The van der Waals surface area contributed by atoms with Crippen LogP contribution < -0.4 is 4.74 Å². The predicted octanol–water partition coefficient (Wildman–Crippen LogP) is 2.51. The minimum Gasteiger partial charge on any atom is -0.485 e. The molecule has 144 valence electrons. The van der Waals surface area contributed by atoms with E-state index >= 15 is 0 Å². The molecule has 1 aromatic heterocycles. The molecule has 3 rings (SSSR count). The molecule has 1 aliphatic heterocycles. The Bertz CT molecular complexity index is 787. The van der Waals surface area contributed by atoms with Gasteiger partial charge >= 0.3 is 5.97 Å². The molecule has 8 nitrogen and oxygen atoms in total. The van der Waals surface area contributed by atoms with Gasteiger partial charge in [0.15, 0.2) is 13.2 Å². The van der Waals surface area contributed by atoms with Crippen LogP contribution in [0.1, 0.15) is 48.3 Å². The molecule has 0 bridgehead atoms. The SMILES string of the molecule is Cc1nc(COc2ccc(C(=O)OCC(=O)N3CCCCC3C)cc2)no1. The number of ether oxygens (including phenoxy) is 2.